The Balaban J connectivity index is 1.31. The zero-order chi connectivity index (χ0) is 28.5. The first-order valence-corrected chi connectivity index (χ1v) is 15.3. The lowest BCUT2D eigenvalue weighted by Gasteiger charge is -2.41. The van der Waals surface area contributed by atoms with Crippen molar-refractivity contribution in [1.82, 2.24) is 20.4 Å². The summed E-state index contributed by atoms with van der Waals surface area (Å²) in [5.74, 6) is -2.36. The van der Waals surface area contributed by atoms with Crippen molar-refractivity contribution in [3.05, 3.63) is 12.2 Å². The molecule has 216 valence electrons. The lowest BCUT2D eigenvalue weighted by atomic mass is 9.95. The van der Waals surface area contributed by atoms with Crippen molar-refractivity contribution in [1.29, 1.82) is 0 Å². The summed E-state index contributed by atoms with van der Waals surface area (Å²) in [5, 5.41) is 25.3. The maximum Gasteiger partial charge on any atom is 0.314 e. The molecule has 0 bridgehead atoms. The molecule has 3 aliphatic rings. The SMILES string of the molecule is CCCC(CCSSCCCNC(=O)CN1C(=O)C=CC1=O)C(=O)OC[C@@H]1C[C@H](O)[C@H](O)[C@H]2NC(=O)C(=O)N12. The van der Waals surface area contributed by atoms with E-state index in [2.05, 4.69) is 10.6 Å². The summed E-state index contributed by atoms with van der Waals surface area (Å²) in [6, 6.07) is -0.718. The Morgan fingerprint density at radius 2 is 1.82 bits per heavy atom. The van der Waals surface area contributed by atoms with Crippen molar-refractivity contribution in [3.8, 4) is 0 Å². The summed E-state index contributed by atoms with van der Waals surface area (Å²) in [6.07, 6.45) is 1.43. The third-order valence-corrected chi connectivity index (χ3v) is 9.11. The number of imide groups is 1. The van der Waals surface area contributed by atoms with Crippen LogP contribution in [-0.4, -0.2) is 111 Å². The van der Waals surface area contributed by atoms with E-state index < -0.39 is 59.9 Å². The number of ether oxygens (including phenoxy) is 1. The Morgan fingerprint density at radius 1 is 1.13 bits per heavy atom. The molecule has 13 nitrogen and oxygen atoms in total. The lowest BCUT2D eigenvalue weighted by Crippen LogP contribution is -2.61. The van der Waals surface area contributed by atoms with Crippen molar-refractivity contribution >= 4 is 57.1 Å². The van der Waals surface area contributed by atoms with Crippen LogP contribution < -0.4 is 10.6 Å². The van der Waals surface area contributed by atoms with E-state index in [1.807, 2.05) is 6.92 Å². The summed E-state index contributed by atoms with van der Waals surface area (Å²) >= 11 is 0. The first kappa shape index (κ1) is 30.9. The number of carbonyl (C=O) groups is 6. The van der Waals surface area contributed by atoms with Crippen LogP contribution in [0.3, 0.4) is 0 Å². The molecule has 0 spiro atoms. The Morgan fingerprint density at radius 3 is 2.51 bits per heavy atom. The number of hydrogen-bond acceptors (Lipinski definition) is 11. The molecule has 3 heterocycles. The van der Waals surface area contributed by atoms with Crippen molar-refractivity contribution in [2.45, 2.75) is 63.4 Å². The van der Waals surface area contributed by atoms with Crippen LogP contribution in [0.15, 0.2) is 12.2 Å². The van der Waals surface area contributed by atoms with Gasteiger partial charge < -0.3 is 30.5 Å². The first-order chi connectivity index (χ1) is 18.6. The number of aliphatic hydroxyl groups is 2. The number of nitrogens with one attached hydrogen (secondary N) is 2. The number of aliphatic hydroxyl groups excluding tert-OH is 2. The molecular formula is C24H34N4O9S2. The summed E-state index contributed by atoms with van der Waals surface area (Å²) in [6.45, 7) is 1.90. The second-order valence-corrected chi connectivity index (χ2v) is 12.1. The maximum absolute atomic E-state index is 12.8. The number of carbonyl (C=O) groups excluding carboxylic acids is 6. The lowest BCUT2D eigenvalue weighted by molar-refractivity contribution is -0.160. The highest BCUT2D eigenvalue weighted by atomic mass is 33.1. The number of hydrogen-bond donors (Lipinski definition) is 4. The van der Waals surface area contributed by atoms with Crippen LogP contribution in [0.5, 0.6) is 0 Å². The molecule has 39 heavy (non-hydrogen) atoms. The Kier molecular flexibility index (Phi) is 11.6. The first-order valence-electron chi connectivity index (χ1n) is 12.8. The van der Waals surface area contributed by atoms with Gasteiger partial charge in [-0.05, 0) is 25.7 Å². The minimum Gasteiger partial charge on any atom is -0.463 e. The van der Waals surface area contributed by atoms with Crippen molar-refractivity contribution in [2.24, 2.45) is 5.92 Å². The molecule has 0 saturated carbocycles. The van der Waals surface area contributed by atoms with E-state index in [1.54, 1.807) is 21.6 Å². The van der Waals surface area contributed by atoms with Crippen LogP contribution in [0.25, 0.3) is 0 Å². The van der Waals surface area contributed by atoms with E-state index >= 15 is 0 Å². The van der Waals surface area contributed by atoms with Crippen LogP contribution in [0.1, 0.15) is 39.0 Å². The Hall–Kier alpha value is -2.62. The fraction of sp³-hybridized carbons (Fsp3) is 0.667. The highest BCUT2D eigenvalue weighted by Crippen LogP contribution is 2.28. The van der Waals surface area contributed by atoms with Gasteiger partial charge in [0, 0.05) is 30.2 Å². The number of amides is 5. The average Bonchev–Trinajstić information content (AvgIpc) is 3.38. The van der Waals surface area contributed by atoms with E-state index in [0.717, 1.165) is 34.1 Å². The van der Waals surface area contributed by atoms with Gasteiger partial charge in [-0.25, -0.2) is 0 Å². The minimum absolute atomic E-state index is 0.0112. The van der Waals surface area contributed by atoms with Gasteiger partial charge in [0.15, 0.2) is 0 Å². The van der Waals surface area contributed by atoms with Crippen molar-refractivity contribution < 1.29 is 43.7 Å². The number of nitrogens with zero attached hydrogens (tertiary/aromatic N) is 2. The normalized spacial score (nSPS) is 25.1. The van der Waals surface area contributed by atoms with E-state index in [1.165, 1.54) is 0 Å². The topological polar surface area (TPSA) is 183 Å². The van der Waals surface area contributed by atoms with Crippen LogP contribution in [0, 0.1) is 5.92 Å². The molecule has 5 atom stereocenters. The standard InChI is InChI=1S/C24H34N4O9S2/c1-2-4-14(7-10-39-38-9-3-8-25-17(30)12-27-18(31)5-6-19(27)32)24(36)37-13-15-11-16(29)20(33)21-26-22(34)23(35)28(15)21/h5-6,14-16,20-21,29,33H,2-4,7-13H2,1H3,(H,25,30)(H,26,34)/t14?,15-,16-,20-,21-/m0/s1. The monoisotopic (exact) mass is 586 g/mol. The zero-order valence-corrected chi connectivity index (χ0v) is 23.2. The highest BCUT2D eigenvalue weighted by molar-refractivity contribution is 8.76. The smallest absolute Gasteiger partial charge is 0.314 e. The number of rotatable bonds is 15. The van der Waals surface area contributed by atoms with Gasteiger partial charge in [-0.3, -0.25) is 33.7 Å². The van der Waals surface area contributed by atoms with Gasteiger partial charge >= 0.3 is 17.8 Å². The second kappa shape index (κ2) is 14.7. The van der Waals surface area contributed by atoms with Crippen molar-refractivity contribution in [3.63, 3.8) is 0 Å². The molecule has 2 saturated heterocycles. The minimum atomic E-state index is -1.31. The zero-order valence-electron chi connectivity index (χ0n) is 21.6. The van der Waals surface area contributed by atoms with E-state index in [9.17, 15) is 39.0 Å². The number of fused-ring (bicyclic) bond motifs is 1. The molecule has 5 amide bonds. The second-order valence-electron chi connectivity index (χ2n) is 9.43. The molecule has 0 aromatic carbocycles. The fourth-order valence-corrected chi connectivity index (χ4v) is 6.75. The van der Waals surface area contributed by atoms with Gasteiger partial charge in [0.2, 0.25) is 5.91 Å². The van der Waals surface area contributed by atoms with E-state index in [4.69, 9.17) is 4.74 Å². The molecule has 3 aliphatic heterocycles. The summed E-state index contributed by atoms with van der Waals surface area (Å²) < 4.78 is 5.49. The van der Waals surface area contributed by atoms with E-state index in [0.29, 0.717) is 31.6 Å². The molecule has 0 aromatic heterocycles. The predicted molar refractivity (Wildman–Crippen MR) is 142 cm³/mol. The number of esters is 1. The molecule has 15 heteroatoms. The molecule has 1 unspecified atom stereocenters. The van der Waals surface area contributed by atoms with E-state index in [-0.39, 0.29) is 25.5 Å². The molecule has 4 N–H and O–H groups in total. The van der Waals surface area contributed by atoms with Gasteiger partial charge in [-0.2, -0.15) is 0 Å². The summed E-state index contributed by atoms with van der Waals surface area (Å²) in [5.41, 5.74) is 0. The molecule has 2 fully saturated rings. The highest BCUT2D eigenvalue weighted by Gasteiger charge is 2.51. The summed E-state index contributed by atoms with van der Waals surface area (Å²) in [7, 11) is 3.21. The van der Waals surface area contributed by atoms with Crippen LogP contribution >= 0.6 is 21.6 Å². The van der Waals surface area contributed by atoms with Gasteiger partial charge in [-0.15, -0.1) is 0 Å². The van der Waals surface area contributed by atoms with Gasteiger partial charge in [0.1, 0.15) is 25.4 Å². The molecule has 0 aliphatic carbocycles. The van der Waals surface area contributed by atoms with Crippen LogP contribution in [0.4, 0.5) is 0 Å². The average molecular weight is 587 g/mol. The third kappa shape index (κ3) is 8.19. The molecule has 3 rings (SSSR count). The fourth-order valence-electron chi connectivity index (χ4n) is 4.52. The third-order valence-electron chi connectivity index (χ3n) is 6.58. The Bertz CT molecular complexity index is 977. The maximum atomic E-state index is 12.8. The molecule has 0 radical (unpaired) electrons. The number of piperidine rings is 1. The molecular weight excluding hydrogens is 552 g/mol. The molecule has 0 aromatic rings. The van der Waals surface area contributed by atoms with Crippen molar-refractivity contribution in [2.75, 3.05) is 31.2 Å². The van der Waals surface area contributed by atoms with Gasteiger partial charge in [0.25, 0.3) is 11.8 Å². The Labute approximate surface area is 233 Å². The van der Waals surface area contributed by atoms with Gasteiger partial charge in [-0.1, -0.05) is 34.9 Å². The largest absolute Gasteiger partial charge is 0.463 e. The van der Waals surface area contributed by atoms with Gasteiger partial charge in [0.05, 0.1) is 18.1 Å². The van der Waals surface area contributed by atoms with Crippen LogP contribution in [0.2, 0.25) is 0 Å². The predicted octanol–water partition coefficient (Wildman–Crippen LogP) is -1.07. The summed E-state index contributed by atoms with van der Waals surface area (Å²) in [4.78, 5) is 73.6. The van der Waals surface area contributed by atoms with Crippen LogP contribution in [-0.2, 0) is 33.5 Å². The quantitative estimate of drug-likeness (QED) is 0.0603.